The first kappa shape index (κ1) is 27.0. The fourth-order valence-corrected chi connectivity index (χ4v) is 5.05. The Kier molecular flexibility index (Phi) is 8.06. The van der Waals surface area contributed by atoms with Crippen LogP contribution in [0.1, 0.15) is 28.5 Å². The van der Waals surface area contributed by atoms with Gasteiger partial charge in [-0.05, 0) is 42.5 Å². The van der Waals surface area contributed by atoms with Gasteiger partial charge in [0, 0.05) is 29.7 Å². The number of nitrogens with one attached hydrogen (secondary N) is 1. The summed E-state index contributed by atoms with van der Waals surface area (Å²) < 4.78 is 2.11. The van der Waals surface area contributed by atoms with Gasteiger partial charge in [0.05, 0.1) is 22.8 Å². The number of nitrogens with two attached hydrogens (primary N) is 1. The number of pyridine rings is 3. The van der Waals surface area contributed by atoms with Crippen LogP contribution in [0.15, 0.2) is 137 Å². The predicted molar refractivity (Wildman–Crippen MR) is 168 cm³/mol. The zero-order valence-corrected chi connectivity index (χ0v) is 25.7. The van der Waals surface area contributed by atoms with E-state index in [4.69, 9.17) is 10.7 Å². The average Bonchev–Trinajstić information content (AvgIpc) is 3.80. The van der Waals surface area contributed by atoms with Crippen LogP contribution in [0, 0.1) is 0 Å². The van der Waals surface area contributed by atoms with Crippen LogP contribution in [0.2, 0.25) is 0 Å². The molecule has 42 heavy (non-hydrogen) atoms. The number of aliphatic imine (C=N–C) groups is 2. The number of H-pyrrole nitrogens is 1. The molecule has 0 saturated carbocycles. The minimum atomic E-state index is 0.507. The Morgan fingerprint density at radius 1 is 0.690 bits per heavy atom. The monoisotopic (exact) mass is 595 g/mol. The normalized spacial score (nSPS) is 17.0. The summed E-state index contributed by atoms with van der Waals surface area (Å²) in [5.74, 6) is 0. The second-order valence-electron chi connectivity index (χ2n) is 9.44. The van der Waals surface area contributed by atoms with Crippen molar-refractivity contribution in [1.82, 2.24) is 19.9 Å². The summed E-state index contributed by atoms with van der Waals surface area (Å²) in [6.07, 6.45) is 19.2. The Balaban J connectivity index is 1.40. The summed E-state index contributed by atoms with van der Waals surface area (Å²) in [7, 11) is 0. The summed E-state index contributed by atoms with van der Waals surface area (Å²) in [4.78, 5) is 26.7. The van der Waals surface area contributed by atoms with E-state index in [0.29, 0.717) is 17.1 Å². The number of aromatic nitrogens is 4. The molecule has 0 bridgehead atoms. The molecule has 4 aromatic rings. The van der Waals surface area contributed by atoms with Gasteiger partial charge < -0.3 is 5.73 Å². The molecule has 198 valence electrons. The SMILES string of the molecule is N/C(C(=Cc1ccccn1)c1ccccn1)=C(\C1=NC(=Cc2ccc(C=C3C=CC([CH]=[Zn])=N3)[nH]2)C=C1)c1ccccn1. The van der Waals surface area contributed by atoms with Gasteiger partial charge >= 0.3 is 120 Å². The van der Waals surface area contributed by atoms with E-state index in [1.807, 2.05) is 109 Å². The number of hydrogen-bond donors (Lipinski definition) is 2. The minimum absolute atomic E-state index is 0.507. The molecule has 0 saturated heterocycles. The van der Waals surface area contributed by atoms with Crippen LogP contribution in [0.4, 0.5) is 0 Å². The Morgan fingerprint density at radius 2 is 1.33 bits per heavy atom. The zero-order valence-electron chi connectivity index (χ0n) is 22.7. The number of rotatable bonds is 8. The van der Waals surface area contributed by atoms with Crippen LogP contribution in [0.5, 0.6) is 0 Å². The molecule has 6 heterocycles. The fourth-order valence-electron chi connectivity index (χ4n) is 4.58. The maximum absolute atomic E-state index is 6.99. The van der Waals surface area contributed by atoms with Crippen LogP contribution in [0.25, 0.3) is 29.4 Å². The number of aromatic amines is 1. The van der Waals surface area contributed by atoms with Gasteiger partial charge in [-0.3, -0.25) is 15.0 Å². The topological polar surface area (TPSA) is 105 Å². The summed E-state index contributed by atoms with van der Waals surface area (Å²) >= 11 is 1.08. The molecular weight excluding hydrogens is 572 g/mol. The quantitative estimate of drug-likeness (QED) is 0.196. The molecule has 8 heteroatoms. The van der Waals surface area contributed by atoms with Crippen LogP contribution >= 0.6 is 0 Å². The van der Waals surface area contributed by atoms with E-state index in [1.54, 1.807) is 18.6 Å². The molecule has 0 aliphatic carbocycles. The van der Waals surface area contributed by atoms with Crippen molar-refractivity contribution in [3.8, 4) is 0 Å². The Hall–Kier alpha value is -5.20. The van der Waals surface area contributed by atoms with Crippen molar-refractivity contribution in [3.05, 3.63) is 155 Å². The molecular formula is C34H25N7Zn. The van der Waals surface area contributed by atoms with Crippen LogP contribution < -0.4 is 5.73 Å². The molecule has 3 N–H and O–H groups in total. The first-order chi connectivity index (χ1) is 20.7. The fraction of sp³-hybridized carbons (Fsp3) is 0. The minimum Gasteiger partial charge on any atom is -0.256 e. The molecule has 0 unspecified atom stereocenters. The molecule has 0 aromatic carbocycles. The summed E-state index contributed by atoms with van der Waals surface area (Å²) in [6, 6.07) is 21.3. The van der Waals surface area contributed by atoms with E-state index in [9.17, 15) is 0 Å². The number of allylic oxidation sites excluding steroid dienone is 6. The van der Waals surface area contributed by atoms with Crippen LogP contribution in [-0.4, -0.2) is 36.0 Å². The Labute approximate surface area is 253 Å². The summed E-state index contributed by atoms with van der Waals surface area (Å²) in [5.41, 5.74) is 16.5. The predicted octanol–water partition coefficient (Wildman–Crippen LogP) is 5.86. The van der Waals surface area contributed by atoms with Crippen molar-refractivity contribution in [1.29, 1.82) is 0 Å². The molecule has 0 fully saturated rings. The van der Waals surface area contributed by atoms with Gasteiger partial charge in [-0.2, -0.15) is 0 Å². The van der Waals surface area contributed by atoms with Crippen molar-refractivity contribution >= 4 is 45.4 Å². The third-order valence-electron chi connectivity index (χ3n) is 6.55. The van der Waals surface area contributed by atoms with Gasteiger partial charge in [0.2, 0.25) is 0 Å². The van der Waals surface area contributed by atoms with Crippen molar-refractivity contribution in [2.24, 2.45) is 15.7 Å². The molecule has 2 aliphatic heterocycles. The third kappa shape index (κ3) is 6.24. The molecule has 2 aliphatic rings. The van der Waals surface area contributed by atoms with Crippen molar-refractivity contribution in [3.63, 3.8) is 0 Å². The average molecular weight is 597 g/mol. The Bertz CT molecular complexity index is 1870. The van der Waals surface area contributed by atoms with E-state index in [1.165, 1.54) is 0 Å². The third-order valence-corrected chi connectivity index (χ3v) is 7.43. The van der Waals surface area contributed by atoms with E-state index < -0.39 is 0 Å². The second kappa shape index (κ2) is 12.5. The smallest absolute Gasteiger partial charge is 0.256 e. The van der Waals surface area contributed by atoms with Gasteiger partial charge in [-0.1, -0.05) is 18.2 Å². The second-order valence-corrected chi connectivity index (χ2v) is 10.3. The zero-order chi connectivity index (χ0) is 28.7. The van der Waals surface area contributed by atoms with Crippen LogP contribution in [-0.2, 0) is 17.9 Å². The number of nitrogens with zero attached hydrogens (tertiary/aromatic N) is 5. The molecule has 0 atom stereocenters. The van der Waals surface area contributed by atoms with Gasteiger partial charge in [0.15, 0.2) is 0 Å². The van der Waals surface area contributed by atoms with Crippen molar-refractivity contribution in [2.45, 2.75) is 0 Å². The molecule has 0 spiro atoms. The van der Waals surface area contributed by atoms with Gasteiger partial charge in [-0.25, -0.2) is 0 Å². The molecule has 7 nitrogen and oxygen atoms in total. The van der Waals surface area contributed by atoms with Crippen molar-refractivity contribution < 1.29 is 17.9 Å². The first-order valence-corrected chi connectivity index (χ1v) is 15.1. The van der Waals surface area contributed by atoms with Gasteiger partial charge in [-0.15, -0.1) is 0 Å². The molecule has 0 radical (unpaired) electrons. The van der Waals surface area contributed by atoms with E-state index in [2.05, 4.69) is 29.5 Å². The summed E-state index contributed by atoms with van der Waals surface area (Å²) in [5, 5.41) is 0. The molecule has 0 amide bonds. The standard InChI is InChI=1S/C34H25N7.Zn/c1-23-11-12-25(39-23)20-26-13-14-27(40-26)21-28-15-16-32(41-28)33(31-10-4-7-19-38-31)34(35)29(30-9-3-6-18-37-30)22-24-8-2-5-17-36-24;/h1-22,40H,35H2;/b25-20?,28-21?,29-22?,34-33-;. The van der Waals surface area contributed by atoms with Crippen molar-refractivity contribution in [2.75, 3.05) is 0 Å². The molecule has 4 aromatic heterocycles. The summed E-state index contributed by atoms with van der Waals surface area (Å²) in [6.45, 7) is 0. The van der Waals surface area contributed by atoms with Crippen LogP contribution in [0.3, 0.4) is 0 Å². The molecule has 6 rings (SSSR count). The van der Waals surface area contributed by atoms with E-state index >= 15 is 0 Å². The number of hydrogen-bond acceptors (Lipinski definition) is 6. The van der Waals surface area contributed by atoms with E-state index in [-0.39, 0.29) is 0 Å². The maximum atomic E-state index is 6.99. The van der Waals surface area contributed by atoms with Gasteiger partial charge in [0.1, 0.15) is 0 Å². The van der Waals surface area contributed by atoms with E-state index in [0.717, 1.165) is 68.9 Å². The first-order valence-electron chi connectivity index (χ1n) is 13.4. The Morgan fingerprint density at radius 3 is 1.95 bits per heavy atom. The van der Waals surface area contributed by atoms with Gasteiger partial charge in [0.25, 0.3) is 0 Å².